The van der Waals surface area contributed by atoms with Crippen molar-refractivity contribution < 1.29 is 5.11 Å². The molecule has 0 aromatic heterocycles. The average Bonchev–Trinajstić information content (AvgIpc) is 2.27. The maximum atomic E-state index is 8.89. The molecular formula is C13H18N2O. The van der Waals surface area contributed by atoms with Crippen molar-refractivity contribution in [2.24, 2.45) is 0 Å². The fourth-order valence-electron chi connectivity index (χ4n) is 1.41. The Balaban J connectivity index is 2.52. The Kier molecular flexibility index (Phi) is 4.48. The van der Waals surface area contributed by atoms with Crippen LogP contribution in [0.5, 0.6) is 0 Å². The lowest BCUT2D eigenvalue weighted by Gasteiger charge is -2.25. The number of nitrogens with one attached hydrogen (secondary N) is 1. The minimum Gasteiger partial charge on any atom is -0.396 e. The van der Waals surface area contributed by atoms with Crippen LogP contribution in [-0.2, 0) is 6.54 Å². The van der Waals surface area contributed by atoms with Gasteiger partial charge in [-0.1, -0.05) is 12.1 Å². The largest absolute Gasteiger partial charge is 0.396 e. The number of benzene rings is 1. The van der Waals surface area contributed by atoms with Crippen molar-refractivity contribution in [2.75, 3.05) is 6.61 Å². The third-order valence-electron chi connectivity index (χ3n) is 2.59. The average molecular weight is 218 g/mol. The predicted molar refractivity (Wildman–Crippen MR) is 63.8 cm³/mol. The maximum Gasteiger partial charge on any atom is 0.0991 e. The van der Waals surface area contributed by atoms with E-state index in [4.69, 9.17) is 10.4 Å². The molecule has 0 heterocycles. The van der Waals surface area contributed by atoms with Crippen molar-refractivity contribution in [2.45, 2.75) is 32.4 Å². The number of nitrogens with zero attached hydrogens (tertiary/aromatic N) is 1. The fraction of sp³-hybridized carbons (Fsp3) is 0.462. The van der Waals surface area contributed by atoms with Crippen molar-refractivity contribution in [3.8, 4) is 6.07 Å². The van der Waals surface area contributed by atoms with Crippen molar-refractivity contribution in [3.05, 3.63) is 35.4 Å². The van der Waals surface area contributed by atoms with E-state index in [-0.39, 0.29) is 12.1 Å². The molecule has 0 radical (unpaired) electrons. The smallest absolute Gasteiger partial charge is 0.0991 e. The first kappa shape index (κ1) is 12.7. The lowest BCUT2D eigenvalue weighted by atomic mass is 10.0. The highest BCUT2D eigenvalue weighted by molar-refractivity contribution is 5.31. The number of aliphatic hydroxyl groups excluding tert-OH is 1. The third kappa shape index (κ3) is 4.01. The topological polar surface area (TPSA) is 56.0 Å². The number of aliphatic hydroxyl groups is 1. The molecule has 86 valence electrons. The second-order valence-corrected chi connectivity index (χ2v) is 4.52. The Morgan fingerprint density at radius 1 is 1.31 bits per heavy atom. The molecule has 1 aromatic carbocycles. The molecule has 0 saturated carbocycles. The molecule has 0 unspecified atom stereocenters. The van der Waals surface area contributed by atoms with E-state index in [1.54, 1.807) is 0 Å². The molecule has 0 atom stereocenters. The Bertz CT molecular complexity index is 363. The summed E-state index contributed by atoms with van der Waals surface area (Å²) < 4.78 is 0. The summed E-state index contributed by atoms with van der Waals surface area (Å²) in [6.07, 6.45) is 0.725. The van der Waals surface area contributed by atoms with Crippen LogP contribution in [0.4, 0.5) is 0 Å². The van der Waals surface area contributed by atoms with Gasteiger partial charge in [-0.2, -0.15) is 5.26 Å². The van der Waals surface area contributed by atoms with Crippen molar-refractivity contribution in [1.82, 2.24) is 5.32 Å². The Morgan fingerprint density at radius 2 is 1.94 bits per heavy atom. The Morgan fingerprint density at radius 3 is 2.44 bits per heavy atom. The quantitative estimate of drug-likeness (QED) is 0.792. The van der Waals surface area contributed by atoms with Gasteiger partial charge in [-0.25, -0.2) is 0 Å². The van der Waals surface area contributed by atoms with Crippen LogP contribution in [0.1, 0.15) is 31.4 Å². The Hall–Kier alpha value is -1.37. The zero-order valence-electron chi connectivity index (χ0n) is 9.83. The highest BCUT2D eigenvalue weighted by Gasteiger charge is 2.15. The minimum atomic E-state index is -0.0668. The highest BCUT2D eigenvalue weighted by Crippen LogP contribution is 2.10. The summed E-state index contributed by atoms with van der Waals surface area (Å²) >= 11 is 0. The number of rotatable bonds is 5. The summed E-state index contributed by atoms with van der Waals surface area (Å²) in [5.74, 6) is 0. The molecular weight excluding hydrogens is 200 g/mol. The standard InChI is InChI=1S/C13H18N2O/c1-13(2,7-8-16)15-10-12-5-3-11(9-14)4-6-12/h3-6,15-16H,7-8,10H2,1-2H3. The molecule has 1 rings (SSSR count). The summed E-state index contributed by atoms with van der Waals surface area (Å²) in [5, 5.41) is 20.9. The van der Waals surface area contributed by atoms with E-state index in [0.29, 0.717) is 5.56 Å². The SMILES string of the molecule is CC(C)(CCO)NCc1ccc(C#N)cc1. The molecule has 0 amide bonds. The van der Waals surface area contributed by atoms with Gasteiger partial charge in [-0.3, -0.25) is 0 Å². The van der Waals surface area contributed by atoms with Crippen LogP contribution >= 0.6 is 0 Å². The van der Waals surface area contributed by atoms with Crippen LogP contribution in [0, 0.1) is 11.3 Å². The second-order valence-electron chi connectivity index (χ2n) is 4.52. The van der Waals surface area contributed by atoms with Crippen LogP contribution in [0.2, 0.25) is 0 Å². The first-order valence-corrected chi connectivity index (χ1v) is 5.42. The van der Waals surface area contributed by atoms with Gasteiger partial charge in [-0.05, 0) is 38.0 Å². The predicted octanol–water partition coefficient (Wildman–Crippen LogP) is 1.81. The lowest BCUT2D eigenvalue weighted by Crippen LogP contribution is -2.39. The second kappa shape index (κ2) is 5.64. The van der Waals surface area contributed by atoms with E-state index in [9.17, 15) is 0 Å². The van der Waals surface area contributed by atoms with E-state index in [2.05, 4.69) is 25.2 Å². The lowest BCUT2D eigenvalue weighted by molar-refractivity contribution is 0.230. The van der Waals surface area contributed by atoms with Crippen molar-refractivity contribution in [1.29, 1.82) is 5.26 Å². The summed E-state index contributed by atoms with van der Waals surface area (Å²) in [6, 6.07) is 9.61. The molecule has 0 bridgehead atoms. The molecule has 0 spiro atoms. The first-order valence-electron chi connectivity index (χ1n) is 5.42. The van der Waals surface area contributed by atoms with Gasteiger partial charge in [0.15, 0.2) is 0 Å². The normalized spacial score (nSPS) is 11.1. The summed E-state index contributed by atoms with van der Waals surface area (Å²) in [7, 11) is 0. The van der Waals surface area contributed by atoms with Crippen LogP contribution in [0.3, 0.4) is 0 Å². The summed E-state index contributed by atoms with van der Waals surface area (Å²) in [4.78, 5) is 0. The molecule has 3 nitrogen and oxygen atoms in total. The molecule has 0 saturated heterocycles. The molecule has 16 heavy (non-hydrogen) atoms. The monoisotopic (exact) mass is 218 g/mol. The minimum absolute atomic E-state index is 0.0668. The maximum absolute atomic E-state index is 8.89. The van der Waals surface area contributed by atoms with Gasteiger partial charge >= 0.3 is 0 Å². The first-order chi connectivity index (χ1) is 7.57. The van der Waals surface area contributed by atoms with E-state index in [1.165, 1.54) is 0 Å². The Labute approximate surface area is 96.7 Å². The zero-order valence-corrected chi connectivity index (χ0v) is 9.83. The van der Waals surface area contributed by atoms with Crippen LogP contribution in [0.15, 0.2) is 24.3 Å². The highest BCUT2D eigenvalue weighted by atomic mass is 16.3. The molecule has 2 N–H and O–H groups in total. The van der Waals surface area contributed by atoms with Gasteiger partial charge in [0.05, 0.1) is 11.6 Å². The summed E-state index contributed by atoms with van der Waals surface area (Å²) in [5.41, 5.74) is 1.76. The van der Waals surface area contributed by atoms with Gasteiger partial charge in [0.25, 0.3) is 0 Å². The fourth-order valence-corrected chi connectivity index (χ4v) is 1.41. The van der Waals surface area contributed by atoms with E-state index in [1.807, 2.05) is 24.3 Å². The molecule has 1 aromatic rings. The zero-order chi connectivity index (χ0) is 12.0. The van der Waals surface area contributed by atoms with Gasteiger partial charge < -0.3 is 10.4 Å². The van der Waals surface area contributed by atoms with Gasteiger partial charge in [0.1, 0.15) is 0 Å². The number of hydrogen-bond donors (Lipinski definition) is 2. The van der Waals surface area contributed by atoms with Gasteiger partial charge in [0, 0.05) is 18.7 Å². The van der Waals surface area contributed by atoms with E-state index >= 15 is 0 Å². The van der Waals surface area contributed by atoms with E-state index in [0.717, 1.165) is 18.5 Å². The van der Waals surface area contributed by atoms with Crippen molar-refractivity contribution >= 4 is 0 Å². The molecule has 3 heteroatoms. The molecule has 0 aliphatic rings. The van der Waals surface area contributed by atoms with Crippen LogP contribution in [-0.4, -0.2) is 17.3 Å². The van der Waals surface area contributed by atoms with Crippen LogP contribution in [0.25, 0.3) is 0 Å². The van der Waals surface area contributed by atoms with Gasteiger partial charge in [0.2, 0.25) is 0 Å². The third-order valence-corrected chi connectivity index (χ3v) is 2.59. The van der Waals surface area contributed by atoms with Crippen molar-refractivity contribution in [3.63, 3.8) is 0 Å². The number of hydrogen-bond acceptors (Lipinski definition) is 3. The summed E-state index contributed by atoms with van der Waals surface area (Å²) in [6.45, 7) is 5.06. The van der Waals surface area contributed by atoms with E-state index < -0.39 is 0 Å². The number of nitriles is 1. The molecule has 0 aliphatic heterocycles. The molecule has 0 aliphatic carbocycles. The van der Waals surface area contributed by atoms with Gasteiger partial charge in [-0.15, -0.1) is 0 Å². The van der Waals surface area contributed by atoms with Crippen LogP contribution < -0.4 is 5.32 Å². The molecule has 0 fully saturated rings.